The average molecular weight is 541 g/mol. The standard InChI is InChI=1S/C28H36N4O5S/c1-21(33)32-14-4-5-22-19-26(11-12-27(22)32)38(35,36)31-13-3-6-23(20-31)28(34)30-17-15-29(16-18-30)24-7-9-25(37-2)10-8-24/h7-12,19,23H,3-6,13-18,20H2,1-2H3/t23-/m0/s1. The molecule has 1 atom stereocenters. The molecule has 2 aromatic rings. The van der Waals surface area contributed by atoms with E-state index in [0.717, 1.165) is 48.6 Å². The number of carbonyl (C=O) groups excluding carboxylic acids is 2. The summed E-state index contributed by atoms with van der Waals surface area (Å²) in [5, 5.41) is 0. The zero-order valence-electron chi connectivity index (χ0n) is 22.1. The van der Waals surface area contributed by atoms with Crippen LogP contribution in [0.15, 0.2) is 47.4 Å². The Morgan fingerprint density at radius 1 is 0.921 bits per heavy atom. The lowest BCUT2D eigenvalue weighted by Crippen LogP contribution is -2.53. The molecule has 0 bridgehead atoms. The van der Waals surface area contributed by atoms with Gasteiger partial charge in [-0.05, 0) is 73.7 Å². The summed E-state index contributed by atoms with van der Waals surface area (Å²) in [6.45, 7) is 5.50. The summed E-state index contributed by atoms with van der Waals surface area (Å²) in [6.07, 6.45) is 2.90. The molecule has 2 saturated heterocycles. The van der Waals surface area contributed by atoms with E-state index in [9.17, 15) is 18.0 Å². The number of nitrogens with zero attached hydrogens (tertiary/aromatic N) is 4. The fourth-order valence-corrected chi connectivity index (χ4v) is 7.38. The Hall–Kier alpha value is -3.11. The number of ether oxygens (including phenoxy) is 1. The van der Waals surface area contributed by atoms with Crippen molar-refractivity contribution in [1.82, 2.24) is 9.21 Å². The Bertz CT molecular complexity index is 1290. The molecule has 0 radical (unpaired) electrons. The highest BCUT2D eigenvalue weighted by atomic mass is 32.2. The van der Waals surface area contributed by atoms with E-state index in [1.807, 2.05) is 29.2 Å². The van der Waals surface area contributed by atoms with Gasteiger partial charge in [0, 0.05) is 64.1 Å². The van der Waals surface area contributed by atoms with Gasteiger partial charge in [-0.25, -0.2) is 8.42 Å². The van der Waals surface area contributed by atoms with E-state index >= 15 is 0 Å². The minimum absolute atomic E-state index is 0.0382. The monoisotopic (exact) mass is 540 g/mol. The van der Waals surface area contributed by atoms with E-state index in [2.05, 4.69) is 4.90 Å². The third-order valence-electron chi connectivity index (χ3n) is 7.95. The molecule has 5 rings (SSSR count). The van der Waals surface area contributed by atoms with Crippen LogP contribution in [0.2, 0.25) is 0 Å². The molecule has 0 spiro atoms. The van der Waals surface area contributed by atoms with Crippen LogP contribution in [0.25, 0.3) is 0 Å². The van der Waals surface area contributed by atoms with Gasteiger partial charge in [0.1, 0.15) is 5.75 Å². The van der Waals surface area contributed by atoms with Gasteiger partial charge in [0.2, 0.25) is 21.8 Å². The molecule has 38 heavy (non-hydrogen) atoms. The Kier molecular flexibility index (Phi) is 7.63. The zero-order chi connectivity index (χ0) is 26.9. The Balaban J connectivity index is 1.23. The molecule has 0 aromatic heterocycles. The number of piperidine rings is 1. The first-order chi connectivity index (χ1) is 18.3. The quantitative estimate of drug-likeness (QED) is 0.580. The molecule has 2 fully saturated rings. The SMILES string of the molecule is COc1ccc(N2CCN(C(=O)[C@H]3CCCN(S(=O)(=O)c4ccc5c(c4)CCCN5C(C)=O)C3)CC2)cc1. The number of benzene rings is 2. The summed E-state index contributed by atoms with van der Waals surface area (Å²) < 4.78 is 33.9. The number of hydrogen-bond donors (Lipinski definition) is 0. The maximum Gasteiger partial charge on any atom is 0.243 e. The van der Waals surface area contributed by atoms with Crippen molar-refractivity contribution in [3.63, 3.8) is 0 Å². The van der Waals surface area contributed by atoms with Crippen LogP contribution < -0.4 is 14.5 Å². The highest BCUT2D eigenvalue weighted by Crippen LogP contribution is 2.32. The van der Waals surface area contributed by atoms with Crippen molar-refractivity contribution in [2.24, 2.45) is 5.92 Å². The summed E-state index contributed by atoms with van der Waals surface area (Å²) in [4.78, 5) is 31.5. The van der Waals surface area contributed by atoms with Crippen LogP contribution in [0.3, 0.4) is 0 Å². The number of fused-ring (bicyclic) bond motifs is 1. The molecular formula is C28H36N4O5S. The van der Waals surface area contributed by atoms with Crippen LogP contribution in [-0.4, -0.2) is 82.4 Å². The van der Waals surface area contributed by atoms with Crippen LogP contribution in [0.4, 0.5) is 11.4 Å². The summed E-state index contributed by atoms with van der Waals surface area (Å²) in [5.41, 5.74) is 2.78. The van der Waals surface area contributed by atoms with Gasteiger partial charge in [-0.1, -0.05) is 0 Å². The second-order valence-electron chi connectivity index (χ2n) is 10.3. The summed E-state index contributed by atoms with van der Waals surface area (Å²) in [6, 6.07) is 13.0. The molecule has 0 saturated carbocycles. The largest absolute Gasteiger partial charge is 0.497 e. The van der Waals surface area contributed by atoms with Crippen LogP contribution in [0.5, 0.6) is 5.75 Å². The van der Waals surface area contributed by atoms with Gasteiger partial charge >= 0.3 is 0 Å². The minimum atomic E-state index is -3.74. The number of carbonyl (C=O) groups is 2. The van der Waals surface area contributed by atoms with Crippen molar-refractivity contribution in [2.75, 3.05) is 62.7 Å². The molecular weight excluding hydrogens is 504 g/mol. The summed E-state index contributed by atoms with van der Waals surface area (Å²) in [7, 11) is -2.09. The van der Waals surface area contributed by atoms with Crippen molar-refractivity contribution in [2.45, 2.75) is 37.5 Å². The predicted molar refractivity (Wildman–Crippen MR) is 146 cm³/mol. The molecule has 0 N–H and O–H groups in total. The van der Waals surface area contributed by atoms with Crippen LogP contribution in [0, 0.1) is 5.92 Å². The van der Waals surface area contributed by atoms with Gasteiger partial charge in [0.05, 0.1) is 17.9 Å². The van der Waals surface area contributed by atoms with E-state index in [4.69, 9.17) is 4.74 Å². The Morgan fingerprint density at radius 3 is 2.34 bits per heavy atom. The number of hydrogen-bond acceptors (Lipinski definition) is 6. The number of sulfonamides is 1. The first kappa shape index (κ1) is 26.5. The van der Waals surface area contributed by atoms with Crippen molar-refractivity contribution in [3.05, 3.63) is 48.0 Å². The number of methoxy groups -OCH3 is 1. The van der Waals surface area contributed by atoms with Gasteiger partial charge in [-0.2, -0.15) is 4.31 Å². The van der Waals surface area contributed by atoms with Gasteiger partial charge in [0.15, 0.2) is 0 Å². The van der Waals surface area contributed by atoms with Gasteiger partial charge in [-0.15, -0.1) is 0 Å². The highest BCUT2D eigenvalue weighted by molar-refractivity contribution is 7.89. The number of rotatable bonds is 5. The number of amides is 2. The fourth-order valence-electron chi connectivity index (χ4n) is 5.81. The lowest BCUT2D eigenvalue weighted by molar-refractivity contribution is -0.137. The van der Waals surface area contributed by atoms with E-state index in [1.165, 1.54) is 11.2 Å². The lowest BCUT2D eigenvalue weighted by atomic mass is 9.97. The second kappa shape index (κ2) is 10.9. The predicted octanol–water partition coefficient (Wildman–Crippen LogP) is 2.74. The molecule has 3 aliphatic heterocycles. The van der Waals surface area contributed by atoms with E-state index in [1.54, 1.807) is 30.2 Å². The molecule has 0 unspecified atom stereocenters. The minimum Gasteiger partial charge on any atom is -0.497 e. The fraction of sp³-hybridized carbons (Fsp3) is 0.500. The van der Waals surface area contributed by atoms with Crippen molar-refractivity contribution >= 4 is 33.2 Å². The van der Waals surface area contributed by atoms with Gasteiger partial charge < -0.3 is 19.4 Å². The van der Waals surface area contributed by atoms with E-state index in [-0.39, 0.29) is 29.2 Å². The molecule has 3 aliphatic rings. The second-order valence-corrected chi connectivity index (χ2v) is 12.2. The van der Waals surface area contributed by atoms with Crippen LogP contribution in [0.1, 0.15) is 31.7 Å². The summed E-state index contributed by atoms with van der Waals surface area (Å²) >= 11 is 0. The molecule has 2 aromatic carbocycles. The summed E-state index contributed by atoms with van der Waals surface area (Å²) in [5.74, 6) is 0.482. The van der Waals surface area contributed by atoms with Crippen molar-refractivity contribution in [1.29, 1.82) is 0 Å². The first-order valence-corrected chi connectivity index (χ1v) is 14.8. The van der Waals surface area contributed by atoms with Crippen molar-refractivity contribution < 1.29 is 22.7 Å². The topological polar surface area (TPSA) is 90.5 Å². The molecule has 204 valence electrons. The maximum atomic E-state index is 13.6. The van der Waals surface area contributed by atoms with E-state index in [0.29, 0.717) is 39.0 Å². The molecule has 3 heterocycles. The smallest absolute Gasteiger partial charge is 0.243 e. The Morgan fingerprint density at radius 2 is 1.66 bits per heavy atom. The normalized spacial score (nSPS) is 20.7. The number of anilines is 2. The maximum absolute atomic E-state index is 13.6. The lowest BCUT2D eigenvalue weighted by Gasteiger charge is -2.39. The van der Waals surface area contributed by atoms with Gasteiger partial charge in [0.25, 0.3) is 0 Å². The zero-order valence-corrected chi connectivity index (χ0v) is 23.0. The van der Waals surface area contributed by atoms with E-state index < -0.39 is 10.0 Å². The Labute approximate surface area is 225 Å². The van der Waals surface area contributed by atoms with Gasteiger partial charge in [-0.3, -0.25) is 9.59 Å². The highest BCUT2D eigenvalue weighted by Gasteiger charge is 2.36. The number of aryl methyl sites for hydroxylation is 1. The van der Waals surface area contributed by atoms with Crippen LogP contribution >= 0.6 is 0 Å². The van der Waals surface area contributed by atoms with Crippen molar-refractivity contribution in [3.8, 4) is 5.75 Å². The molecule has 9 nitrogen and oxygen atoms in total. The number of piperazine rings is 1. The average Bonchev–Trinajstić information content (AvgIpc) is 2.96. The first-order valence-electron chi connectivity index (χ1n) is 13.4. The molecule has 2 amide bonds. The molecule has 0 aliphatic carbocycles. The third-order valence-corrected chi connectivity index (χ3v) is 9.81. The molecule has 10 heteroatoms. The van der Waals surface area contributed by atoms with Crippen LogP contribution in [-0.2, 0) is 26.0 Å². The third kappa shape index (κ3) is 5.24.